The highest BCUT2D eigenvalue weighted by Gasteiger charge is 2.18. The molecule has 0 saturated carbocycles. The van der Waals surface area contributed by atoms with E-state index in [1.807, 2.05) is 36.4 Å². The largest absolute Gasteiger partial charge is 0.494 e. The van der Waals surface area contributed by atoms with Gasteiger partial charge < -0.3 is 15.4 Å². The van der Waals surface area contributed by atoms with Crippen molar-refractivity contribution in [2.24, 2.45) is 0 Å². The lowest BCUT2D eigenvalue weighted by molar-refractivity contribution is 0.0958. The van der Waals surface area contributed by atoms with Gasteiger partial charge >= 0.3 is 0 Å². The van der Waals surface area contributed by atoms with Gasteiger partial charge in [0.1, 0.15) is 11.3 Å². The molecule has 29 heavy (non-hydrogen) atoms. The number of methoxy groups -OCH3 is 1. The number of ether oxygens (including phenoxy) is 1. The summed E-state index contributed by atoms with van der Waals surface area (Å²) in [6.45, 7) is 6.21. The van der Waals surface area contributed by atoms with E-state index in [1.165, 1.54) is 0 Å². The molecule has 0 spiro atoms. The van der Waals surface area contributed by atoms with Gasteiger partial charge in [0.2, 0.25) is 0 Å². The Bertz CT molecular complexity index is 1020. The van der Waals surface area contributed by atoms with E-state index in [0.29, 0.717) is 29.1 Å². The summed E-state index contributed by atoms with van der Waals surface area (Å²) in [7, 11) is 1.62. The molecule has 0 bridgehead atoms. The number of anilines is 2. The lowest BCUT2D eigenvalue weighted by Crippen LogP contribution is -2.24. The summed E-state index contributed by atoms with van der Waals surface area (Å²) in [5.41, 5.74) is 2.85. The minimum Gasteiger partial charge on any atom is -0.494 e. The molecule has 0 saturated heterocycles. The first-order chi connectivity index (χ1) is 14.2. The Morgan fingerprint density at radius 3 is 2.83 bits per heavy atom. The van der Waals surface area contributed by atoms with Crippen molar-refractivity contribution in [3.63, 3.8) is 0 Å². The van der Waals surface area contributed by atoms with Gasteiger partial charge in [-0.15, -0.1) is 18.3 Å². The molecular weight excluding hydrogens is 382 g/mol. The quantitative estimate of drug-likeness (QED) is 0.367. The minimum atomic E-state index is -0.205. The van der Waals surface area contributed by atoms with Crippen molar-refractivity contribution < 1.29 is 9.53 Å². The highest BCUT2D eigenvalue weighted by molar-refractivity contribution is 7.99. The van der Waals surface area contributed by atoms with Gasteiger partial charge in [0.05, 0.1) is 24.0 Å². The van der Waals surface area contributed by atoms with Crippen molar-refractivity contribution in [3.8, 4) is 5.75 Å². The van der Waals surface area contributed by atoms with Gasteiger partial charge in [-0.3, -0.25) is 9.78 Å². The van der Waals surface area contributed by atoms with E-state index in [2.05, 4.69) is 35.2 Å². The van der Waals surface area contributed by atoms with Crippen LogP contribution in [0.15, 0.2) is 66.2 Å². The van der Waals surface area contributed by atoms with Gasteiger partial charge in [-0.2, -0.15) is 0 Å². The Morgan fingerprint density at radius 1 is 1.24 bits per heavy atom. The molecule has 1 heterocycles. The molecule has 5 nitrogen and oxygen atoms in total. The van der Waals surface area contributed by atoms with Gasteiger partial charge in [-0.1, -0.05) is 37.3 Å². The number of para-hydroxylation sites is 2. The van der Waals surface area contributed by atoms with Crippen LogP contribution < -0.4 is 15.4 Å². The van der Waals surface area contributed by atoms with E-state index in [4.69, 9.17) is 4.74 Å². The molecule has 1 aromatic heterocycles. The van der Waals surface area contributed by atoms with Crippen LogP contribution in [0, 0.1) is 0 Å². The Morgan fingerprint density at radius 2 is 2.07 bits per heavy atom. The number of nitrogens with zero attached hydrogens (tertiary/aromatic N) is 1. The SMILES string of the molecule is C=CCNC(=O)c1cnc2c(OC)cccc2c1Nc1ccccc1SCCC. The molecule has 0 unspecified atom stereocenters. The number of rotatable bonds is 9. The molecule has 6 heteroatoms. The predicted octanol–water partition coefficient (Wildman–Crippen LogP) is 5.40. The van der Waals surface area contributed by atoms with Crippen LogP contribution in [-0.2, 0) is 0 Å². The number of hydrogen-bond donors (Lipinski definition) is 2. The standard InChI is InChI=1S/C23H25N3O2S/c1-4-13-24-23(27)17-15-25-22-16(9-8-11-19(22)28-3)21(17)26-18-10-6-7-12-20(18)29-14-5-2/h4,6-12,15H,1,5,13-14H2,2-3H3,(H,24,27)(H,25,26). The van der Waals surface area contributed by atoms with Crippen molar-refractivity contribution in [2.75, 3.05) is 24.7 Å². The molecular formula is C23H25N3O2S. The summed E-state index contributed by atoms with van der Waals surface area (Å²) >= 11 is 1.79. The highest BCUT2D eigenvalue weighted by Crippen LogP contribution is 2.36. The molecule has 2 N–H and O–H groups in total. The molecule has 0 aliphatic heterocycles. The van der Waals surface area contributed by atoms with Gasteiger partial charge in [0.25, 0.3) is 5.91 Å². The second-order valence-electron chi connectivity index (χ2n) is 6.37. The van der Waals surface area contributed by atoms with Crippen LogP contribution in [0.25, 0.3) is 10.9 Å². The third kappa shape index (κ3) is 4.71. The van der Waals surface area contributed by atoms with Gasteiger partial charge in [-0.05, 0) is 30.4 Å². The van der Waals surface area contributed by atoms with Crippen LogP contribution in [0.1, 0.15) is 23.7 Å². The summed E-state index contributed by atoms with van der Waals surface area (Å²) in [5.74, 6) is 1.48. The number of aromatic nitrogens is 1. The van der Waals surface area contributed by atoms with Crippen molar-refractivity contribution in [1.82, 2.24) is 10.3 Å². The van der Waals surface area contributed by atoms with Crippen LogP contribution in [0.4, 0.5) is 11.4 Å². The number of nitrogens with one attached hydrogen (secondary N) is 2. The molecule has 0 fully saturated rings. The minimum absolute atomic E-state index is 0.205. The molecule has 2 aromatic carbocycles. The zero-order valence-electron chi connectivity index (χ0n) is 16.7. The number of fused-ring (bicyclic) bond motifs is 1. The lowest BCUT2D eigenvalue weighted by Gasteiger charge is -2.17. The number of thioether (sulfide) groups is 1. The van der Waals surface area contributed by atoms with E-state index in [0.717, 1.165) is 28.1 Å². The van der Waals surface area contributed by atoms with Crippen molar-refractivity contribution >= 4 is 39.9 Å². The highest BCUT2D eigenvalue weighted by atomic mass is 32.2. The van der Waals surface area contributed by atoms with E-state index >= 15 is 0 Å². The number of carbonyl (C=O) groups excluding carboxylic acids is 1. The fourth-order valence-electron chi connectivity index (χ4n) is 2.97. The Balaban J connectivity index is 2.13. The van der Waals surface area contributed by atoms with Crippen LogP contribution >= 0.6 is 11.8 Å². The first kappa shape index (κ1) is 20.7. The molecule has 150 valence electrons. The molecule has 1 amide bonds. The summed E-state index contributed by atoms with van der Waals surface area (Å²) in [6, 6.07) is 13.8. The van der Waals surface area contributed by atoms with Crippen LogP contribution in [0.2, 0.25) is 0 Å². The zero-order chi connectivity index (χ0) is 20.6. The molecule has 0 aliphatic carbocycles. The van der Waals surface area contributed by atoms with E-state index in [9.17, 15) is 4.79 Å². The molecule has 0 radical (unpaired) electrons. The second-order valence-corrected chi connectivity index (χ2v) is 7.51. The smallest absolute Gasteiger partial charge is 0.255 e. The maximum atomic E-state index is 12.8. The predicted molar refractivity (Wildman–Crippen MR) is 122 cm³/mol. The number of hydrogen-bond acceptors (Lipinski definition) is 5. The van der Waals surface area contributed by atoms with Crippen molar-refractivity contribution in [3.05, 3.63) is 66.9 Å². The Labute approximate surface area is 175 Å². The molecule has 3 aromatic rings. The Kier molecular flexibility index (Phi) is 7.14. The number of pyridine rings is 1. The monoisotopic (exact) mass is 407 g/mol. The average Bonchev–Trinajstić information content (AvgIpc) is 2.76. The summed E-state index contributed by atoms with van der Waals surface area (Å²) < 4.78 is 5.47. The summed E-state index contributed by atoms with van der Waals surface area (Å²) in [4.78, 5) is 18.4. The van der Waals surface area contributed by atoms with E-state index in [1.54, 1.807) is 31.1 Å². The number of benzene rings is 2. The molecule has 0 aliphatic rings. The first-order valence-corrected chi connectivity index (χ1v) is 10.5. The fraction of sp³-hybridized carbons (Fsp3) is 0.217. The van der Waals surface area contributed by atoms with Crippen molar-refractivity contribution in [1.29, 1.82) is 0 Å². The topological polar surface area (TPSA) is 63.2 Å². The van der Waals surface area contributed by atoms with Crippen molar-refractivity contribution in [2.45, 2.75) is 18.2 Å². The first-order valence-electron chi connectivity index (χ1n) is 9.53. The van der Waals surface area contributed by atoms with Gasteiger partial charge in [0.15, 0.2) is 0 Å². The van der Waals surface area contributed by atoms with Gasteiger partial charge in [0, 0.05) is 23.0 Å². The molecule has 0 atom stereocenters. The maximum Gasteiger partial charge on any atom is 0.255 e. The average molecular weight is 408 g/mol. The van der Waals surface area contributed by atoms with Crippen LogP contribution in [-0.4, -0.2) is 30.3 Å². The summed E-state index contributed by atoms with van der Waals surface area (Å²) in [6.07, 6.45) is 4.33. The van der Waals surface area contributed by atoms with Crippen LogP contribution in [0.3, 0.4) is 0 Å². The Hall–Kier alpha value is -2.99. The third-order valence-corrected chi connectivity index (χ3v) is 5.62. The van der Waals surface area contributed by atoms with Gasteiger partial charge in [-0.25, -0.2) is 0 Å². The second kappa shape index (κ2) is 9.98. The summed E-state index contributed by atoms with van der Waals surface area (Å²) in [5, 5.41) is 7.17. The van der Waals surface area contributed by atoms with E-state index < -0.39 is 0 Å². The zero-order valence-corrected chi connectivity index (χ0v) is 17.5. The maximum absolute atomic E-state index is 12.8. The molecule has 3 rings (SSSR count). The van der Waals surface area contributed by atoms with Crippen LogP contribution in [0.5, 0.6) is 5.75 Å². The lowest BCUT2D eigenvalue weighted by atomic mass is 10.1. The normalized spacial score (nSPS) is 10.6. The third-order valence-electron chi connectivity index (χ3n) is 4.34. The fourth-order valence-corrected chi connectivity index (χ4v) is 3.84. The number of carbonyl (C=O) groups is 1. The van der Waals surface area contributed by atoms with E-state index in [-0.39, 0.29) is 5.91 Å². The number of amides is 1.